The fraction of sp³-hybridized carbons (Fsp3) is 0. The van der Waals surface area contributed by atoms with Gasteiger partial charge in [-0.2, -0.15) is 0 Å². The van der Waals surface area contributed by atoms with E-state index in [0.717, 1.165) is 11.4 Å². The Morgan fingerprint density at radius 2 is 0.759 bits per heavy atom. The Morgan fingerprint density at radius 3 is 1.43 bits per heavy atom. The molecule has 4 heteroatoms. The van der Waals surface area contributed by atoms with Crippen LogP contribution in [0.1, 0.15) is 0 Å². The van der Waals surface area contributed by atoms with Crippen LogP contribution in [-0.4, -0.2) is 9.13 Å². The van der Waals surface area contributed by atoms with Crippen LogP contribution in [0, 0.1) is 0 Å². The Kier molecular flexibility index (Phi) is 6.79. The molecule has 2 nitrogen and oxygen atoms in total. The molecule has 4 heterocycles. The maximum atomic E-state index is 2.50. The van der Waals surface area contributed by atoms with E-state index < -0.39 is 0 Å². The maximum Gasteiger partial charge on any atom is 0.0562 e. The molecule has 0 aliphatic heterocycles. The van der Waals surface area contributed by atoms with Gasteiger partial charge >= 0.3 is 0 Å². The van der Waals surface area contributed by atoms with Gasteiger partial charge in [-0.3, -0.25) is 0 Å². The Morgan fingerprint density at radius 1 is 0.276 bits per heavy atom. The highest BCUT2D eigenvalue weighted by molar-refractivity contribution is 7.26. The van der Waals surface area contributed by atoms with Crippen molar-refractivity contribution in [2.45, 2.75) is 0 Å². The number of aromatic nitrogens is 2. The zero-order valence-corrected chi connectivity index (χ0v) is 32.8. The topological polar surface area (TPSA) is 9.86 Å². The van der Waals surface area contributed by atoms with Crippen molar-refractivity contribution in [3.8, 4) is 33.6 Å². The van der Waals surface area contributed by atoms with Crippen LogP contribution in [0.3, 0.4) is 0 Å². The van der Waals surface area contributed by atoms with Gasteiger partial charge in [-0.05, 0) is 82.9 Å². The quantitative estimate of drug-likeness (QED) is 0.169. The minimum atomic E-state index is 1.14. The van der Waals surface area contributed by atoms with E-state index in [9.17, 15) is 0 Å². The molecule has 4 aromatic heterocycles. The van der Waals surface area contributed by atoms with E-state index in [0.29, 0.717) is 0 Å². The Balaban J connectivity index is 1.08. The van der Waals surface area contributed by atoms with Gasteiger partial charge in [-0.25, -0.2) is 0 Å². The van der Waals surface area contributed by atoms with Gasteiger partial charge in [0.1, 0.15) is 0 Å². The van der Waals surface area contributed by atoms with Crippen LogP contribution < -0.4 is 0 Å². The van der Waals surface area contributed by atoms with E-state index >= 15 is 0 Å². The molecule has 0 spiro atoms. The van der Waals surface area contributed by atoms with E-state index in [-0.39, 0.29) is 0 Å². The molecule has 0 aliphatic carbocycles. The van der Waals surface area contributed by atoms with E-state index in [2.05, 4.69) is 203 Å². The van der Waals surface area contributed by atoms with E-state index in [1.54, 1.807) is 0 Å². The molecular formula is C54H32N2S2. The van der Waals surface area contributed by atoms with Crippen LogP contribution in [-0.2, 0) is 0 Å². The minimum absolute atomic E-state index is 1.14. The van der Waals surface area contributed by atoms with Crippen LogP contribution in [0.5, 0.6) is 0 Å². The van der Waals surface area contributed by atoms with E-state index in [1.165, 1.54) is 106 Å². The molecule has 0 amide bonds. The Hall–Kier alpha value is -6.98. The van der Waals surface area contributed by atoms with Gasteiger partial charge in [0, 0.05) is 73.3 Å². The van der Waals surface area contributed by atoms with Gasteiger partial charge in [-0.15, -0.1) is 22.7 Å². The first-order valence-electron chi connectivity index (χ1n) is 19.8. The lowest BCUT2D eigenvalue weighted by atomic mass is 10.0. The molecule has 0 radical (unpaired) electrons. The number of fused-ring (bicyclic) bond motifs is 12. The summed E-state index contributed by atoms with van der Waals surface area (Å²) in [6.45, 7) is 0. The third kappa shape index (κ3) is 4.58. The smallest absolute Gasteiger partial charge is 0.0562 e. The second-order valence-electron chi connectivity index (χ2n) is 15.2. The predicted octanol–water partition coefficient (Wildman–Crippen LogP) is 16.0. The fourth-order valence-corrected chi connectivity index (χ4v) is 12.0. The molecule has 0 atom stereocenters. The van der Waals surface area contributed by atoms with Crippen molar-refractivity contribution in [3.63, 3.8) is 0 Å². The van der Waals surface area contributed by atoms with Crippen molar-refractivity contribution in [3.05, 3.63) is 194 Å². The highest BCUT2D eigenvalue weighted by atomic mass is 32.1. The van der Waals surface area contributed by atoms with Crippen molar-refractivity contribution in [2.24, 2.45) is 0 Å². The molecule has 0 unspecified atom stereocenters. The Labute approximate surface area is 341 Å². The zero-order chi connectivity index (χ0) is 37.9. The molecule has 9 aromatic carbocycles. The fourth-order valence-electron chi connectivity index (χ4n) is 9.52. The summed E-state index contributed by atoms with van der Waals surface area (Å²) in [6.07, 6.45) is 0. The van der Waals surface area contributed by atoms with Crippen LogP contribution in [0.15, 0.2) is 194 Å². The van der Waals surface area contributed by atoms with Crippen LogP contribution in [0.2, 0.25) is 0 Å². The summed E-state index contributed by atoms with van der Waals surface area (Å²) >= 11 is 3.78. The van der Waals surface area contributed by atoms with Crippen LogP contribution in [0.25, 0.3) is 118 Å². The third-order valence-corrected chi connectivity index (χ3v) is 14.6. The predicted molar refractivity (Wildman–Crippen MR) is 252 cm³/mol. The summed E-state index contributed by atoms with van der Waals surface area (Å²) in [5.74, 6) is 0. The van der Waals surface area contributed by atoms with Crippen LogP contribution in [0.4, 0.5) is 0 Å². The number of hydrogen-bond donors (Lipinski definition) is 0. The molecule has 0 fully saturated rings. The highest BCUT2D eigenvalue weighted by Gasteiger charge is 2.20. The molecular weight excluding hydrogens is 741 g/mol. The average molecular weight is 773 g/mol. The van der Waals surface area contributed by atoms with Gasteiger partial charge in [0.25, 0.3) is 0 Å². The summed E-state index contributed by atoms with van der Waals surface area (Å²) in [6, 6.07) is 71.9. The van der Waals surface area contributed by atoms with Gasteiger partial charge in [0.05, 0.1) is 22.1 Å². The molecule has 0 saturated carbocycles. The van der Waals surface area contributed by atoms with Crippen molar-refractivity contribution >= 4 is 107 Å². The third-order valence-electron chi connectivity index (χ3n) is 12.1. The number of nitrogens with zero attached hydrogens (tertiary/aromatic N) is 2. The van der Waals surface area contributed by atoms with Gasteiger partial charge in [0.2, 0.25) is 0 Å². The van der Waals surface area contributed by atoms with Crippen molar-refractivity contribution < 1.29 is 0 Å². The number of rotatable bonds is 4. The molecule has 13 rings (SSSR count). The first kappa shape index (κ1) is 32.1. The van der Waals surface area contributed by atoms with E-state index in [4.69, 9.17) is 0 Å². The van der Waals surface area contributed by atoms with Gasteiger partial charge in [0.15, 0.2) is 0 Å². The molecule has 0 N–H and O–H groups in total. The lowest BCUT2D eigenvalue weighted by Crippen LogP contribution is -1.96. The zero-order valence-electron chi connectivity index (χ0n) is 31.2. The summed E-state index contributed by atoms with van der Waals surface area (Å²) in [5.41, 5.74) is 12.1. The number of para-hydroxylation sites is 2. The second-order valence-corrected chi connectivity index (χ2v) is 17.4. The first-order chi connectivity index (χ1) is 28.8. The standard InChI is InChI=1S/C54H32N2S2/c1-2-12-35(13-3-1)55-47-21-7-4-14-39(47)45-31-46-40-29-26-34(38-18-11-20-44-42-16-6-9-23-52(42)58-54(38)44)30-48(40)56(50(46)32-49(45)55)36-27-24-33(25-28-36)37-17-10-19-43-41-15-5-8-22-51(41)57-53(37)43/h1-32H. The summed E-state index contributed by atoms with van der Waals surface area (Å²) in [4.78, 5) is 0. The molecule has 270 valence electrons. The van der Waals surface area contributed by atoms with Gasteiger partial charge in [-0.1, -0.05) is 133 Å². The molecule has 58 heavy (non-hydrogen) atoms. The molecule has 0 bridgehead atoms. The summed E-state index contributed by atoms with van der Waals surface area (Å²) in [5, 5.41) is 10.3. The van der Waals surface area contributed by atoms with Crippen molar-refractivity contribution in [1.29, 1.82) is 0 Å². The number of hydrogen-bond acceptors (Lipinski definition) is 2. The maximum absolute atomic E-state index is 2.50. The normalized spacial score (nSPS) is 12.1. The lowest BCUT2D eigenvalue weighted by molar-refractivity contribution is 1.16. The number of benzene rings is 9. The minimum Gasteiger partial charge on any atom is -0.309 e. The van der Waals surface area contributed by atoms with E-state index in [1.807, 2.05) is 22.7 Å². The SMILES string of the molecule is c1ccc(-n2c3ccccc3c3cc4c5ccc(-c6cccc7c6sc6ccccc67)cc5n(-c5ccc(-c6cccc7c6sc6ccccc67)cc5)c4cc32)cc1. The summed E-state index contributed by atoms with van der Waals surface area (Å²) in [7, 11) is 0. The molecule has 13 aromatic rings. The molecule has 0 saturated heterocycles. The monoisotopic (exact) mass is 772 g/mol. The van der Waals surface area contributed by atoms with Crippen molar-refractivity contribution in [2.75, 3.05) is 0 Å². The average Bonchev–Trinajstić information content (AvgIpc) is 4.03. The lowest BCUT2D eigenvalue weighted by Gasteiger charge is -2.12. The highest BCUT2D eigenvalue weighted by Crippen LogP contribution is 2.45. The van der Waals surface area contributed by atoms with Crippen LogP contribution >= 0.6 is 22.7 Å². The van der Waals surface area contributed by atoms with Crippen molar-refractivity contribution in [1.82, 2.24) is 9.13 Å². The number of thiophene rings is 2. The molecule has 0 aliphatic rings. The largest absolute Gasteiger partial charge is 0.309 e. The summed E-state index contributed by atoms with van der Waals surface area (Å²) < 4.78 is 10.2. The first-order valence-corrected chi connectivity index (χ1v) is 21.4. The Bertz CT molecular complexity index is 3780. The van der Waals surface area contributed by atoms with Gasteiger partial charge < -0.3 is 9.13 Å². The second kappa shape index (κ2) is 12.3.